The van der Waals surface area contributed by atoms with E-state index in [0.717, 1.165) is 103 Å². The van der Waals surface area contributed by atoms with Crippen LogP contribution in [0.1, 0.15) is 355 Å². The van der Waals surface area contributed by atoms with Gasteiger partial charge >= 0.3 is 17.9 Å². The smallest absolute Gasteiger partial charge is 0.306 e. The van der Waals surface area contributed by atoms with Gasteiger partial charge in [-0.3, -0.25) is 14.4 Å². The first kappa shape index (κ1) is 77.6. The first-order chi connectivity index (χ1) is 40.0. The summed E-state index contributed by atoms with van der Waals surface area (Å²) in [6, 6.07) is 0. The summed E-state index contributed by atoms with van der Waals surface area (Å²) in [6.07, 6.45) is 91.7. The Morgan fingerprint density at radius 2 is 0.481 bits per heavy atom. The Balaban J connectivity index is 4.36. The minimum absolute atomic E-state index is 0.0815. The SMILES string of the molecule is CC/C=C\C/C=C\C/C=C\C/C=C\CCCCCCCCC(=O)OC(COC(=O)CCCCCCCCCCC/C=C\CCCCCCCC)COC(=O)CCCCCCCCCCCCCCC/C=C\C/C=C\CCCCCCC. The molecule has 0 aromatic heterocycles. The lowest BCUT2D eigenvalue weighted by Crippen LogP contribution is -2.30. The Morgan fingerprint density at radius 3 is 0.765 bits per heavy atom. The van der Waals surface area contributed by atoms with Crippen molar-refractivity contribution in [3.05, 3.63) is 85.1 Å². The largest absolute Gasteiger partial charge is 0.462 e. The topological polar surface area (TPSA) is 78.9 Å². The molecule has 0 spiro atoms. The van der Waals surface area contributed by atoms with Gasteiger partial charge in [0.25, 0.3) is 0 Å². The molecule has 0 aliphatic heterocycles. The Morgan fingerprint density at radius 1 is 0.259 bits per heavy atom. The summed E-state index contributed by atoms with van der Waals surface area (Å²) >= 11 is 0. The van der Waals surface area contributed by atoms with E-state index in [-0.39, 0.29) is 31.1 Å². The lowest BCUT2D eigenvalue weighted by Gasteiger charge is -2.18. The standard InChI is InChI=1S/C75H132O6/c1-4-7-10-13-16-19-22-25-28-31-34-35-36-37-38-39-42-44-47-50-53-56-59-62-65-68-74(77)80-71-72(81-75(78)69-66-63-60-57-54-51-48-45-41-33-30-27-24-21-18-15-12-9-6-3)70-79-73(76)67-64-61-58-55-52-49-46-43-40-32-29-26-23-20-17-14-11-8-5-2/h9,12,18,21-22,25-27,29-31,34,41,45,72H,4-8,10-11,13-17,19-20,23-24,28,32-33,35-40,42-44,46-71H2,1-3H3/b12-9-,21-18-,25-22-,29-26-,30-27-,34-31-,45-41-. The molecule has 0 saturated carbocycles. The molecule has 468 valence electrons. The van der Waals surface area contributed by atoms with Crippen molar-refractivity contribution in [2.75, 3.05) is 13.2 Å². The van der Waals surface area contributed by atoms with Crippen molar-refractivity contribution in [2.45, 2.75) is 361 Å². The van der Waals surface area contributed by atoms with Gasteiger partial charge in [0.15, 0.2) is 6.10 Å². The summed E-state index contributed by atoms with van der Waals surface area (Å²) in [4.78, 5) is 38.5. The summed E-state index contributed by atoms with van der Waals surface area (Å²) in [7, 11) is 0. The van der Waals surface area contributed by atoms with Crippen LogP contribution in [0.25, 0.3) is 0 Å². The Kier molecular flexibility index (Phi) is 66.2. The number of hydrogen-bond acceptors (Lipinski definition) is 6. The first-order valence-corrected chi connectivity index (χ1v) is 35.1. The fraction of sp³-hybridized carbons (Fsp3) is 0.773. The summed E-state index contributed by atoms with van der Waals surface area (Å²) in [5, 5.41) is 0. The van der Waals surface area contributed by atoms with E-state index in [0.29, 0.717) is 19.3 Å². The third kappa shape index (κ3) is 67.3. The molecular weight excluding hydrogens is 997 g/mol. The first-order valence-electron chi connectivity index (χ1n) is 35.1. The minimum Gasteiger partial charge on any atom is -0.462 e. The Hall–Kier alpha value is -3.41. The van der Waals surface area contributed by atoms with E-state index in [1.165, 1.54) is 212 Å². The number of unbranched alkanes of at least 4 members (excludes halogenated alkanes) is 39. The van der Waals surface area contributed by atoms with Crippen LogP contribution in [0.2, 0.25) is 0 Å². The number of carbonyl (C=O) groups is 3. The lowest BCUT2D eigenvalue weighted by atomic mass is 10.0. The minimum atomic E-state index is -0.788. The maximum Gasteiger partial charge on any atom is 0.306 e. The zero-order chi connectivity index (χ0) is 58.5. The highest BCUT2D eigenvalue weighted by molar-refractivity contribution is 5.71. The molecule has 6 heteroatoms. The van der Waals surface area contributed by atoms with Gasteiger partial charge in [-0.15, -0.1) is 0 Å². The van der Waals surface area contributed by atoms with Gasteiger partial charge in [0.2, 0.25) is 0 Å². The summed E-state index contributed by atoms with van der Waals surface area (Å²) in [5.41, 5.74) is 0. The molecule has 0 N–H and O–H groups in total. The molecule has 0 radical (unpaired) electrons. The quantitative estimate of drug-likeness (QED) is 0.0261. The molecule has 0 rings (SSSR count). The van der Waals surface area contributed by atoms with Gasteiger partial charge in [0.1, 0.15) is 13.2 Å². The second kappa shape index (κ2) is 69.1. The van der Waals surface area contributed by atoms with Crippen molar-refractivity contribution < 1.29 is 28.6 Å². The van der Waals surface area contributed by atoms with Gasteiger partial charge in [-0.1, -0.05) is 305 Å². The molecule has 6 nitrogen and oxygen atoms in total. The number of allylic oxidation sites excluding steroid dienone is 14. The number of carbonyl (C=O) groups excluding carboxylic acids is 3. The monoisotopic (exact) mass is 1130 g/mol. The molecule has 0 aliphatic rings. The van der Waals surface area contributed by atoms with Crippen molar-refractivity contribution in [2.24, 2.45) is 0 Å². The van der Waals surface area contributed by atoms with E-state index in [9.17, 15) is 14.4 Å². The highest BCUT2D eigenvalue weighted by Crippen LogP contribution is 2.17. The van der Waals surface area contributed by atoms with Crippen LogP contribution in [0, 0.1) is 0 Å². The zero-order valence-electron chi connectivity index (χ0n) is 53.8. The van der Waals surface area contributed by atoms with Crippen LogP contribution < -0.4 is 0 Å². The second-order valence-corrected chi connectivity index (χ2v) is 23.4. The number of ether oxygens (including phenoxy) is 3. The molecule has 0 fully saturated rings. The maximum absolute atomic E-state index is 13.0. The zero-order valence-corrected chi connectivity index (χ0v) is 53.8. The van der Waals surface area contributed by atoms with Crippen molar-refractivity contribution in [3.63, 3.8) is 0 Å². The molecule has 0 amide bonds. The van der Waals surface area contributed by atoms with E-state index in [4.69, 9.17) is 14.2 Å². The average Bonchev–Trinajstić information content (AvgIpc) is 3.47. The van der Waals surface area contributed by atoms with E-state index in [2.05, 4.69) is 106 Å². The molecule has 0 heterocycles. The molecule has 0 aromatic rings. The highest BCUT2D eigenvalue weighted by Gasteiger charge is 2.19. The van der Waals surface area contributed by atoms with Crippen LogP contribution in [0.15, 0.2) is 85.1 Å². The predicted octanol–water partition coefficient (Wildman–Crippen LogP) is 24.2. The summed E-state index contributed by atoms with van der Waals surface area (Å²) < 4.78 is 17.0. The van der Waals surface area contributed by atoms with Crippen LogP contribution in [0.5, 0.6) is 0 Å². The Labute approximate surface area is 503 Å². The number of rotatable bonds is 64. The van der Waals surface area contributed by atoms with Gasteiger partial charge in [0, 0.05) is 19.3 Å². The van der Waals surface area contributed by atoms with Gasteiger partial charge < -0.3 is 14.2 Å². The number of esters is 3. The van der Waals surface area contributed by atoms with Gasteiger partial charge in [-0.2, -0.15) is 0 Å². The van der Waals surface area contributed by atoms with Crippen molar-refractivity contribution in [1.82, 2.24) is 0 Å². The molecule has 1 unspecified atom stereocenters. The second-order valence-electron chi connectivity index (χ2n) is 23.4. The van der Waals surface area contributed by atoms with Crippen molar-refractivity contribution in [3.8, 4) is 0 Å². The van der Waals surface area contributed by atoms with E-state index < -0.39 is 6.10 Å². The van der Waals surface area contributed by atoms with Gasteiger partial charge in [-0.25, -0.2) is 0 Å². The fourth-order valence-electron chi connectivity index (χ4n) is 10.1. The molecule has 0 aliphatic carbocycles. The lowest BCUT2D eigenvalue weighted by molar-refractivity contribution is -0.167. The van der Waals surface area contributed by atoms with Gasteiger partial charge in [0.05, 0.1) is 0 Å². The van der Waals surface area contributed by atoms with Crippen molar-refractivity contribution in [1.29, 1.82) is 0 Å². The van der Waals surface area contributed by atoms with E-state index >= 15 is 0 Å². The van der Waals surface area contributed by atoms with Crippen molar-refractivity contribution >= 4 is 17.9 Å². The van der Waals surface area contributed by atoms with E-state index in [1.54, 1.807) is 0 Å². The molecular formula is C75H132O6. The third-order valence-corrected chi connectivity index (χ3v) is 15.4. The molecule has 1 atom stereocenters. The van der Waals surface area contributed by atoms with E-state index in [1.807, 2.05) is 0 Å². The maximum atomic E-state index is 13.0. The molecule has 0 saturated heterocycles. The summed E-state index contributed by atoms with van der Waals surface area (Å²) in [5.74, 6) is -0.880. The average molecular weight is 1130 g/mol. The molecule has 0 bridgehead atoms. The van der Waals surface area contributed by atoms with Crippen LogP contribution in [0.3, 0.4) is 0 Å². The van der Waals surface area contributed by atoms with Crippen LogP contribution in [0.4, 0.5) is 0 Å². The van der Waals surface area contributed by atoms with Crippen LogP contribution in [-0.4, -0.2) is 37.2 Å². The van der Waals surface area contributed by atoms with Gasteiger partial charge in [-0.05, 0) is 116 Å². The summed E-state index contributed by atoms with van der Waals surface area (Å²) in [6.45, 7) is 6.55. The Bertz CT molecular complexity index is 1530. The number of hydrogen-bond donors (Lipinski definition) is 0. The third-order valence-electron chi connectivity index (χ3n) is 15.4. The van der Waals surface area contributed by atoms with Crippen LogP contribution in [-0.2, 0) is 28.6 Å². The highest BCUT2D eigenvalue weighted by atomic mass is 16.6. The molecule has 81 heavy (non-hydrogen) atoms. The predicted molar refractivity (Wildman–Crippen MR) is 353 cm³/mol. The molecule has 0 aromatic carbocycles. The van der Waals surface area contributed by atoms with Crippen LogP contribution >= 0.6 is 0 Å². The normalized spacial score (nSPS) is 12.6. The fourth-order valence-corrected chi connectivity index (χ4v) is 10.1.